The van der Waals surface area contributed by atoms with E-state index in [1.807, 2.05) is 12.1 Å². The number of hydrogen-bond donors (Lipinski definition) is 0. The highest BCUT2D eigenvalue weighted by molar-refractivity contribution is 5.48. The topological polar surface area (TPSA) is 12.5 Å². The van der Waals surface area contributed by atoms with Crippen LogP contribution >= 0.6 is 0 Å². The zero-order valence-electron chi connectivity index (χ0n) is 8.99. The van der Waals surface area contributed by atoms with Crippen molar-refractivity contribution in [2.45, 2.75) is 12.8 Å². The van der Waals surface area contributed by atoms with Gasteiger partial charge in [0, 0.05) is 19.3 Å². The van der Waals surface area contributed by atoms with Crippen LogP contribution in [0, 0.1) is 6.92 Å². The third-order valence-electron chi connectivity index (χ3n) is 2.26. The molecule has 2 heteroatoms. The van der Waals surface area contributed by atoms with Crippen molar-refractivity contribution >= 4 is 5.69 Å². The fraction of sp³-hybridized carbons (Fsp3) is 0.417. The molecule has 0 unspecified atom stereocenters. The van der Waals surface area contributed by atoms with Crippen molar-refractivity contribution in [3.05, 3.63) is 31.2 Å². The van der Waals surface area contributed by atoms with Gasteiger partial charge in [0.15, 0.2) is 0 Å². The van der Waals surface area contributed by atoms with E-state index < -0.39 is 0 Å². The van der Waals surface area contributed by atoms with Crippen LogP contribution in [-0.2, 0) is 0 Å². The summed E-state index contributed by atoms with van der Waals surface area (Å²) in [7, 11) is 3.78. The van der Waals surface area contributed by atoms with Crippen LogP contribution in [0.3, 0.4) is 0 Å². The molecule has 0 aliphatic rings. The maximum Gasteiger partial charge on any atom is 0.119 e. The van der Waals surface area contributed by atoms with E-state index in [9.17, 15) is 0 Å². The van der Waals surface area contributed by atoms with Gasteiger partial charge >= 0.3 is 0 Å². The summed E-state index contributed by atoms with van der Waals surface area (Å²) in [6.45, 7) is 4.88. The summed E-state index contributed by atoms with van der Waals surface area (Å²) in [6, 6.07) is 8.11. The molecule has 0 atom stereocenters. The van der Waals surface area contributed by atoms with E-state index in [0.717, 1.165) is 25.1 Å². The molecule has 1 radical (unpaired) electrons. The normalized spacial score (nSPS) is 9.93. The molecule has 14 heavy (non-hydrogen) atoms. The van der Waals surface area contributed by atoms with E-state index >= 15 is 0 Å². The molecule has 0 fully saturated rings. The molecule has 0 heterocycles. The van der Waals surface area contributed by atoms with E-state index in [1.165, 1.54) is 5.69 Å². The van der Waals surface area contributed by atoms with Crippen LogP contribution < -0.4 is 9.64 Å². The highest BCUT2D eigenvalue weighted by Crippen LogP contribution is 2.18. The molecular weight excluding hydrogens is 174 g/mol. The zero-order chi connectivity index (χ0) is 10.4. The Hall–Kier alpha value is -1.18. The summed E-state index contributed by atoms with van der Waals surface area (Å²) < 4.78 is 5.10. The summed E-state index contributed by atoms with van der Waals surface area (Å²) in [5, 5.41) is 0. The first-order valence-corrected chi connectivity index (χ1v) is 4.92. The number of methoxy groups -OCH3 is 1. The van der Waals surface area contributed by atoms with Crippen LogP contribution in [0.4, 0.5) is 5.69 Å². The lowest BCUT2D eigenvalue weighted by Crippen LogP contribution is -2.17. The number of anilines is 1. The quantitative estimate of drug-likeness (QED) is 0.711. The van der Waals surface area contributed by atoms with Crippen LogP contribution in [0.5, 0.6) is 5.75 Å². The molecule has 0 aromatic heterocycles. The molecule has 0 aliphatic carbocycles. The maximum atomic E-state index is 5.10. The highest BCUT2D eigenvalue weighted by atomic mass is 16.5. The average Bonchev–Trinajstić information content (AvgIpc) is 2.26. The van der Waals surface area contributed by atoms with Crippen molar-refractivity contribution < 1.29 is 4.74 Å². The third-order valence-corrected chi connectivity index (χ3v) is 2.26. The van der Waals surface area contributed by atoms with Gasteiger partial charge in [-0.05, 0) is 30.7 Å². The van der Waals surface area contributed by atoms with E-state index in [0.29, 0.717) is 0 Å². The largest absolute Gasteiger partial charge is 0.497 e. The number of unbranched alkanes of at least 4 members (excludes halogenated alkanes) is 1. The lowest BCUT2D eigenvalue weighted by molar-refractivity contribution is 0.415. The molecule has 1 aromatic rings. The Labute approximate surface area is 86.5 Å². The minimum Gasteiger partial charge on any atom is -0.497 e. The third kappa shape index (κ3) is 2.95. The van der Waals surface area contributed by atoms with Crippen molar-refractivity contribution in [2.75, 3.05) is 25.6 Å². The summed E-state index contributed by atoms with van der Waals surface area (Å²) in [5.74, 6) is 0.902. The number of hydrogen-bond acceptors (Lipinski definition) is 2. The summed E-state index contributed by atoms with van der Waals surface area (Å²) >= 11 is 0. The van der Waals surface area contributed by atoms with Gasteiger partial charge in [-0.3, -0.25) is 0 Å². The molecule has 1 aromatic carbocycles. The van der Waals surface area contributed by atoms with Gasteiger partial charge in [-0.1, -0.05) is 13.3 Å². The van der Waals surface area contributed by atoms with Crippen LogP contribution in [0.25, 0.3) is 0 Å². The molecule has 0 N–H and O–H groups in total. The molecular formula is C12H18NO. The number of nitrogens with zero attached hydrogens (tertiary/aromatic N) is 1. The van der Waals surface area contributed by atoms with Gasteiger partial charge in [0.1, 0.15) is 5.75 Å². The predicted octanol–water partition coefficient (Wildman–Crippen LogP) is 2.75. The fourth-order valence-corrected chi connectivity index (χ4v) is 1.31. The monoisotopic (exact) mass is 192 g/mol. The molecule has 0 saturated heterocycles. The minimum atomic E-state index is 0.902. The SMILES string of the molecule is [CH2]CCCN(C)c1ccc(OC)cc1. The van der Waals surface area contributed by atoms with Crippen molar-refractivity contribution in [2.24, 2.45) is 0 Å². The molecule has 1 rings (SSSR count). The van der Waals surface area contributed by atoms with E-state index in [4.69, 9.17) is 4.74 Å². The van der Waals surface area contributed by atoms with Gasteiger partial charge in [-0.2, -0.15) is 0 Å². The molecule has 77 valence electrons. The van der Waals surface area contributed by atoms with Gasteiger partial charge in [-0.15, -0.1) is 0 Å². The first-order chi connectivity index (χ1) is 6.77. The Morgan fingerprint density at radius 3 is 2.43 bits per heavy atom. The van der Waals surface area contributed by atoms with Crippen LogP contribution in [0.2, 0.25) is 0 Å². The smallest absolute Gasteiger partial charge is 0.119 e. The van der Waals surface area contributed by atoms with E-state index in [-0.39, 0.29) is 0 Å². The fourth-order valence-electron chi connectivity index (χ4n) is 1.31. The average molecular weight is 192 g/mol. The summed E-state index contributed by atoms with van der Waals surface area (Å²) in [4.78, 5) is 2.23. The van der Waals surface area contributed by atoms with Crippen LogP contribution in [0.15, 0.2) is 24.3 Å². The second-order valence-electron chi connectivity index (χ2n) is 3.33. The number of benzene rings is 1. The van der Waals surface area contributed by atoms with Gasteiger partial charge in [0.05, 0.1) is 7.11 Å². The molecule has 0 amide bonds. The van der Waals surface area contributed by atoms with Gasteiger partial charge in [0.2, 0.25) is 0 Å². The second-order valence-corrected chi connectivity index (χ2v) is 3.33. The van der Waals surface area contributed by atoms with Crippen molar-refractivity contribution in [3.8, 4) is 5.75 Å². The number of rotatable bonds is 5. The molecule has 2 nitrogen and oxygen atoms in total. The molecule has 0 saturated carbocycles. The number of ether oxygens (including phenoxy) is 1. The Morgan fingerprint density at radius 2 is 1.93 bits per heavy atom. The predicted molar refractivity (Wildman–Crippen MR) is 60.9 cm³/mol. The lowest BCUT2D eigenvalue weighted by atomic mass is 10.2. The zero-order valence-corrected chi connectivity index (χ0v) is 8.99. The maximum absolute atomic E-state index is 5.10. The van der Waals surface area contributed by atoms with Crippen molar-refractivity contribution in [3.63, 3.8) is 0 Å². The summed E-state index contributed by atoms with van der Waals surface area (Å²) in [6.07, 6.45) is 2.11. The lowest BCUT2D eigenvalue weighted by Gasteiger charge is -2.18. The Morgan fingerprint density at radius 1 is 1.29 bits per heavy atom. The Bertz CT molecular complexity index is 256. The van der Waals surface area contributed by atoms with Gasteiger partial charge < -0.3 is 9.64 Å². The second kappa shape index (κ2) is 5.53. The molecule has 0 aliphatic heterocycles. The standard InChI is InChI=1S/C12H18NO/c1-4-5-10-13(2)11-6-8-12(14-3)9-7-11/h6-9H,1,4-5,10H2,2-3H3. The van der Waals surface area contributed by atoms with Crippen LogP contribution in [-0.4, -0.2) is 20.7 Å². The molecule has 0 spiro atoms. The Kier molecular flexibility index (Phi) is 4.30. The highest BCUT2D eigenvalue weighted by Gasteiger charge is 1.99. The van der Waals surface area contributed by atoms with E-state index in [2.05, 4.69) is 31.0 Å². The summed E-state index contributed by atoms with van der Waals surface area (Å²) in [5.41, 5.74) is 1.22. The van der Waals surface area contributed by atoms with Gasteiger partial charge in [0.25, 0.3) is 0 Å². The van der Waals surface area contributed by atoms with Gasteiger partial charge in [-0.25, -0.2) is 0 Å². The minimum absolute atomic E-state index is 0.902. The first kappa shape index (κ1) is 10.9. The van der Waals surface area contributed by atoms with Crippen molar-refractivity contribution in [1.82, 2.24) is 0 Å². The molecule has 0 bridgehead atoms. The first-order valence-electron chi connectivity index (χ1n) is 4.92. The van der Waals surface area contributed by atoms with Crippen LogP contribution in [0.1, 0.15) is 12.8 Å². The Balaban J connectivity index is 2.57. The van der Waals surface area contributed by atoms with E-state index in [1.54, 1.807) is 7.11 Å². The van der Waals surface area contributed by atoms with Crippen molar-refractivity contribution in [1.29, 1.82) is 0 Å².